The van der Waals surface area contributed by atoms with Crippen LogP contribution in [0.5, 0.6) is 0 Å². The second kappa shape index (κ2) is 7.30. The van der Waals surface area contributed by atoms with Crippen molar-refractivity contribution in [3.05, 3.63) is 36.0 Å². The van der Waals surface area contributed by atoms with Crippen LogP contribution in [0.25, 0.3) is 12.2 Å². The van der Waals surface area contributed by atoms with E-state index in [1.165, 1.54) is 17.4 Å². The Hall–Kier alpha value is -1.66. The average molecular weight is 382 g/mol. The van der Waals surface area contributed by atoms with Gasteiger partial charge in [-0.05, 0) is 18.9 Å². The van der Waals surface area contributed by atoms with Crippen LogP contribution in [0, 0.1) is 18.3 Å². The quantitative estimate of drug-likeness (QED) is 0.884. The third kappa shape index (κ3) is 4.70. The number of aryl methyl sites for hydroxylation is 1. The predicted octanol–water partition coefficient (Wildman–Crippen LogP) is 2.48. The third-order valence-electron chi connectivity index (χ3n) is 3.60. The Balaban J connectivity index is 2.51. The lowest BCUT2D eigenvalue weighted by molar-refractivity contribution is -0.119. The van der Waals surface area contributed by atoms with Crippen molar-refractivity contribution in [1.82, 2.24) is 14.8 Å². The normalized spacial score (nSPS) is 13.9. The van der Waals surface area contributed by atoms with Gasteiger partial charge in [0.05, 0.1) is 14.9 Å². The molecule has 0 aliphatic heterocycles. The monoisotopic (exact) mass is 381 g/mol. The molecule has 0 bridgehead atoms. The Morgan fingerprint density at radius 3 is 2.60 bits per heavy atom. The molecule has 2 heterocycles. The van der Waals surface area contributed by atoms with Crippen LogP contribution in [0.1, 0.15) is 45.9 Å². The maximum absolute atomic E-state index is 12.2. The van der Waals surface area contributed by atoms with E-state index >= 15 is 0 Å². The number of rotatable bonds is 4. The van der Waals surface area contributed by atoms with E-state index in [2.05, 4.69) is 23.9 Å². The summed E-state index contributed by atoms with van der Waals surface area (Å²) in [5, 5.41) is 4.97. The van der Waals surface area contributed by atoms with Crippen molar-refractivity contribution in [2.75, 3.05) is 0 Å². The van der Waals surface area contributed by atoms with Gasteiger partial charge < -0.3 is 4.98 Å². The average Bonchev–Trinajstić information content (AvgIpc) is 2.92. The fourth-order valence-corrected chi connectivity index (χ4v) is 3.35. The molecule has 1 N–H and O–H groups in total. The molecule has 2 aromatic heterocycles. The zero-order chi connectivity index (χ0) is 18.9. The van der Waals surface area contributed by atoms with Crippen molar-refractivity contribution < 1.29 is 4.79 Å². The molecule has 0 saturated heterocycles. The predicted molar refractivity (Wildman–Crippen MR) is 103 cm³/mol. The second-order valence-electron chi connectivity index (χ2n) is 7.55. The van der Waals surface area contributed by atoms with Crippen LogP contribution in [0.3, 0.4) is 0 Å². The number of H-pyrrole nitrogens is 1. The number of Topliss-reactive ketones (excluding diaryl/α,β-unsaturated/α-hetero) is 1. The zero-order valence-corrected chi connectivity index (χ0v) is 17.0. The molecule has 0 spiro atoms. The van der Waals surface area contributed by atoms with Gasteiger partial charge in [0.2, 0.25) is 0 Å². The van der Waals surface area contributed by atoms with Gasteiger partial charge in [0.25, 0.3) is 5.56 Å². The van der Waals surface area contributed by atoms with Crippen LogP contribution in [0.15, 0.2) is 4.79 Å². The Morgan fingerprint density at radius 1 is 1.40 bits per heavy atom. The molecule has 0 radical (unpaired) electrons. The highest BCUT2D eigenvalue weighted by atomic mass is 35.5. The molecule has 7 heteroatoms. The first-order valence-corrected chi connectivity index (χ1v) is 9.38. The van der Waals surface area contributed by atoms with Crippen molar-refractivity contribution in [2.45, 2.75) is 48.1 Å². The number of nitrogens with one attached hydrogen (secondary N) is 1. The highest BCUT2D eigenvalue weighted by molar-refractivity contribution is 7.07. The maximum atomic E-state index is 12.2. The van der Waals surface area contributed by atoms with E-state index < -0.39 is 5.41 Å². The van der Waals surface area contributed by atoms with Crippen LogP contribution < -0.4 is 14.8 Å². The van der Waals surface area contributed by atoms with Crippen molar-refractivity contribution in [1.29, 1.82) is 0 Å². The van der Waals surface area contributed by atoms with E-state index in [1.54, 1.807) is 10.8 Å². The van der Waals surface area contributed by atoms with Gasteiger partial charge >= 0.3 is 0 Å². The summed E-state index contributed by atoms with van der Waals surface area (Å²) in [5.41, 5.74) is 0.797. The van der Waals surface area contributed by atoms with Gasteiger partial charge in [-0.25, -0.2) is 0 Å². The van der Waals surface area contributed by atoms with Gasteiger partial charge in [-0.2, -0.15) is 5.10 Å². The summed E-state index contributed by atoms with van der Waals surface area (Å²) < 4.78 is 2.80. The summed E-state index contributed by atoms with van der Waals surface area (Å²) in [6.45, 7) is 12.3. The summed E-state index contributed by atoms with van der Waals surface area (Å²) in [4.78, 5) is 27.0. The van der Waals surface area contributed by atoms with Crippen LogP contribution in [0.2, 0.25) is 5.15 Å². The number of halogens is 1. The molecule has 5 nitrogen and oxygen atoms in total. The van der Waals surface area contributed by atoms with E-state index in [1.807, 2.05) is 27.7 Å². The molecule has 0 atom stereocenters. The number of carbonyl (C=O) groups excluding carboxylic acids is 1. The number of carbonyl (C=O) groups is 1. The fraction of sp³-hybridized carbons (Fsp3) is 0.500. The zero-order valence-electron chi connectivity index (χ0n) is 15.4. The smallest absolute Gasteiger partial charge is 0.266 e. The molecule has 2 aromatic rings. The lowest BCUT2D eigenvalue weighted by atomic mass is 9.91. The van der Waals surface area contributed by atoms with Crippen molar-refractivity contribution >= 4 is 40.9 Å². The lowest BCUT2D eigenvalue weighted by Crippen LogP contribution is -2.22. The third-order valence-corrected chi connectivity index (χ3v) is 4.97. The topological polar surface area (TPSA) is 67.8 Å². The molecule has 0 aliphatic carbocycles. The molecule has 0 fully saturated rings. The molecule has 0 unspecified atom stereocenters. The number of hydrogen-bond acceptors (Lipinski definition) is 4. The largest absolute Gasteiger partial charge is 0.313 e. The molecule has 0 aromatic carbocycles. The minimum atomic E-state index is -0.483. The van der Waals surface area contributed by atoms with E-state index in [-0.39, 0.29) is 11.3 Å². The Bertz CT molecular complexity index is 958. The lowest BCUT2D eigenvalue weighted by Gasteiger charge is -2.12. The molecule has 0 saturated carbocycles. The first kappa shape index (κ1) is 19.7. The summed E-state index contributed by atoms with van der Waals surface area (Å²) in [6.07, 6.45) is 3.23. The van der Waals surface area contributed by atoms with Crippen molar-refractivity contribution in [2.24, 2.45) is 11.3 Å². The SMILES string of the molecule is Cc1nn(CC(C)C)c(Cl)c1/C=c1\s/c(=C/C(=O)C(C)(C)C)[nH]c1=O. The standard InChI is InChI=1S/C18H24ClN3O2S/c1-10(2)9-22-16(19)12(11(3)21-22)7-13-17(24)20-15(25-13)8-14(23)18(4,5)6/h7-8,10H,9H2,1-6H3,(H,20,24)/b13-7-,15-8+. The molecular formula is C18H24ClN3O2S. The highest BCUT2D eigenvalue weighted by Gasteiger charge is 2.19. The van der Waals surface area contributed by atoms with Crippen LogP contribution in [0.4, 0.5) is 0 Å². The number of aromatic amines is 1. The van der Waals surface area contributed by atoms with Crippen molar-refractivity contribution in [3.8, 4) is 0 Å². The van der Waals surface area contributed by atoms with Crippen LogP contribution >= 0.6 is 22.9 Å². The molecule has 0 aliphatic rings. The molecule has 25 heavy (non-hydrogen) atoms. The van der Waals surface area contributed by atoms with E-state index in [9.17, 15) is 9.59 Å². The fourth-order valence-electron chi connectivity index (χ4n) is 2.19. The summed E-state index contributed by atoms with van der Waals surface area (Å²) >= 11 is 7.67. The van der Waals surface area contributed by atoms with Gasteiger partial charge in [0.15, 0.2) is 5.78 Å². The van der Waals surface area contributed by atoms with E-state index in [0.29, 0.717) is 26.8 Å². The highest BCUT2D eigenvalue weighted by Crippen LogP contribution is 2.21. The number of thiazole rings is 1. The Morgan fingerprint density at radius 2 is 2.04 bits per heavy atom. The number of nitrogens with zero attached hydrogens (tertiary/aromatic N) is 2. The maximum Gasteiger partial charge on any atom is 0.266 e. The van der Waals surface area contributed by atoms with E-state index in [4.69, 9.17) is 11.6 Å². The first-order valence-electron chi connectivity index (χ1n) is 8.19. The number of hydrogen-bond donors (Lipinski definition) is 1. The molecule has 0 amide bonds. The van der Waals surface area contributed by atoms with Gasteiger partial charge in [0, 0.05) is 23.6 Å². The first-order chi connectivity index (χ1) is 11.5. The van der Waals surface area contributed by atoms with Crippen LogP contribution in [-0.2, 0) is 11.3 Å². The van der Waals surface area contributed by atoms with Gasteiger partial charge in [-0.15, -0.1) is 11.3 Å². The van der Waals surface area contributed by atoms with E-state index in [0.717, 1.165) is 11.3 Å². The minimum Gasteiger partial charge on any atom is -0.313 e. The second-order valence-corrected chi connectivity index (χ2v) is 9.00. The Labute approximate surface area is 156 Å². The van der Waals surface area contributed by atoms with Gasteiger partial charge in [0.1, 0.15) is 5.15 Å². The number of aromatic nitrogens is 3. The Kier molecular flexibility index (Phi) is 5.74. The van der Waals surface area contributed by atoms with Gasteiger partial charge in [-0.3, -0.25) is 14.3 Å². The van der Waals surface area contributed by atoms with Crippen LogP contribution in [-0.4, -0.2) is 20.5 Å². The van der Waals surface area contributed by atoms with Gasteiger partial charge in [-0.1, -0.05) is 46.2 Å². The summed E-state index contributed by atoms with van der Waals surface area (Å²) in [6, 6.07) is 0. The number of ketones is 1. The molecule has 2 rings (SSSR count). The summed E-state index contributed by atoms with van der Waals surface area (Å²) in [5.74, 6) is 0.384. The molecular weight excluding hydrogens is 358 g/mol. The minimum absolute atomic E-state index is 0.0319. The molecule has 136 valence electrons. The van der Waals surface area contributed by atoms with Crippen molar-refractivity contribution in [3.63, 3.8) is 0 Å². The summed E-state index contributed by atoms with van der Waals surface area (Å²) in [7, 11) is 0.